The number of hydrogen-bond acceptors (Lipinski definition) is 4. The van der Waals surface area contributed by atoms with Crippen molar-refractivity contribution in [3.8, 4) is 0 Å². The first-order valence-electron chi connectivity index (χ1n) is 5.72. The van der Waals surface area contributed by atoms with Crippen molar-refractivity contribution in [1.82, 2.24) is 0 Å². The van der Waals surface area contributed by atoms with Gasteiger partial charge in [0.1, 0.15) is 0 Å². The summed E-state index contributed by atoms with van der Waals surface area (Å²) in [6.45, 7) is 0. The minimum Gasteiger partial charge on any atom is -0.465 e. The van der Waals surface area contributed by atoms with Gasteiger partial charge in [0, 0.05) is 22.6 Å². The molecule has 0 N–H and O–H groups in total. The van der Waals surface area contributed by atoms with Gasteiger partial charge in [0.05, 0.1) is 7.11 Å². The highest BCUT2D eigenvalue weighted by Gasteiger charge is 2.83. The Morgan fingerprint density at radius 3 is 1.32 bits per heavy atom. The lowest BCUT2D eigenvalue weighted by atomic mass is 10.2. The lowest BCUT2D eigenvalue weighted by Crippen LogP contribution is -2.66. The average Bonchev–Trinajstić information content (AvgIpc) is 2.41. The highest BCUT2D eigenvalue weighted by atomic mass is 127. The van der Waals surface area contributed by atoms with Crippen LogP contribution in [-0.4, -0.2) is 53.3 Å². The maximum atomic E-state index is 13.7. The molecule has 0 aromatic carbocycles. The third-order valence-electron chi connectivity index (χ3n) is 2.42. The van der Waals surface area contributed by atoms with Crippen LogP contribution in [0.5, 0.6) is 0 Å². The van der Waals surface area contributed by atoms with Crippen LogP contribution in [-0.2, 0) is 19.0 Å². The van der Waals surface area contributed by atoms with E-state index in [1.165, 1.54) is 0 Å². The monoisotopic (exact) mass is 568 g/mol. The van der Waals surface area contributed by atoms with Gasteiger partial charge in [-0.1, -0.05) is 0 Å². The summed E-state index contributed by atoms with van der Waals surface area (Å²) >= 11 is -0.683. The van der Waals surface area contributed by atoms with E-state index in [0.717, 1.165) is 0 Å². The van der Waals surface area contributed by atoms with Gasteiger partial charge in [0.25, 0.3) is 0 Å². The fourth-order valence-corrected chi connectivity index (χ4v) is 1.22. The minimum absolute atomic E-state index is 0.113. The molecule has 168 valence electrons. The highest BCUT2D eigenvalue weighted by Crippen LogP contribution is 2.55. The number of rotatable bonds is 7. The largest absolute Gasteiger partial charge is 0.465 e. The number of alkyl halides is 15. The first-order valence-corrected chi connectivity index (χ1v) is 6.80. The highest BCUT2D eigenvalue weighted by molar-refractivity contribution is 14.1. The molecule has 0 saturated carbocycles. The van der Waals surface area contributed by atoms with Crippen molar-refractivity contribution < 1.29 is 80.5 Å². The molecule has 0 aromatic heterocycles. The molecule has 0 fully saturated rings. The second-order valence-corrected chi connectivity index (χ2v) is 5.77. The van der Waals surface area contributed by atoms with Crippen molar-refractivity contribution in [1.29, 1.82) is 0 Å². The molecule has 0 aliphatic carbocycles. The van der Waals surface area contributed by atoms with Crippen LogP contribution in [0.25, 0.3) is 0 Å². The molecule has 0 radical (unpaired) electrons. The summed E-state index contributed by atoms with van der Waals surface area (Å²) < 4.78 is 180. The summed E-state index contributed by atoms with van der Waals surface area (Å²) in [4.78, 5) is 10.7. The fourth-order valence-electron chi connectivity index (χ4n) is 1.11. The summed E-state index contributed by atoms with van der Waals surface area (Å²) in [6, 6.07) is 0. The predicted molar refractivity (Wildman–Crippen MR) is 62.8 cm³/mol. The van der Waals surface area contributed by atoms with Gasteiger partial charge in [0.2, 0.25) is 0 Å². The van der Waals surface area contributed by atoms with E-state index in [4.69, 9.17) is 0 Å². The number of halogens is 15. The summed E-state index contributed by atoms with van der Waals surface area (Å²) in [5, 5.41) is 0. The molecule has 0 aromatic rings. The van der Waals surface area contributed by atoms with Gasteiger partial charge in [-0.2, -0.15) is 61.5 Å². The molecular formula is C9H3F14IO4. The van der Waals surface area contributed by atoms with Crippen molar-refractivity contribution in [2.24, 2.45) is 0 Å². The number of carbonyl (C=O) groups is 1. The van der Waals surface area contributed by atoms with Gasteiger partial charge in [-0.15, -0.1) is 0 Å². The van der Waals surface area contributed by atoms with Crippen LogP contribution in [0.1, 0.15) is 0 Å². The van der Waals surface area contributed by atoms with E-state index in [9.17, 15) is 66.3 Å². The minimum atomic E-state index is -7.52. The maximum absolute atomic E-state index is 13.7. The molecule has 28 heavy (non-hydrogen) atoms. The zero-order valence-corrected chi connectivity index (χ0v) is 14.5. The maximum Gasteiger partial charge on any atom is 0.460 e. The molecule has 0 saturated heterocycles. The van der Waals surface area contributed by atoms with Crippen LogP contribution in [0.15, 0.2) is 0 Å². The molecule has 0 rings (SSSR count). The number of ether oxygens (including phenoxy) is 3. The third kappa shape index (κ3) is 4.82. The number of hydrogen-bond donors (Lipinski definition) is 0. The Balaban J connectivity index is 6.49. The van der Waals surface area contributed by atoms with E-state index in [-0.39, 0.29) is 7.11 Å². The molecule has 0 amide bonds. The Labute approximate surface area is 157 Å². The summed E-state index contributed by atoms with van der Waals surface area (Å²) in [5.41, 5.74) is 0. The van der Waals surface area contributed by atoms with Gasteiger partial charge in [-0.05, 0) is 0 Å². The zero-order chi connectivity index (χ0) is 23.2. The van der Waals surface area contributed by atoms with Crippen molar-refractivity contribution in [3.63, 3.8) is 0 Å². The molecule has 19 heteroatoms. The summed E-state index contributed by atoms with van der Waals surface area (Å²) in [7, 11) is -0.113. The lowest BCUT2D eigenvalue weighted by molar-refractivity contribution is -0.532. The van der Waals surface area contributed by atoms with E-state index in [1.54, 1.807) is 4.74 Å². The Bertz CT molecular complexity index is 583. The number of esters is 1. The van der Waals surface area contributed by atoms with E-state index in [1.807, 2.05) is 4.74 Å². The second kappa shape index (κ2) is 7.43. The molecule has 0 heterocycles. The Hall–Kier alpha value is -0.860. The molecule has 0 spiro atoms. The molecule has 4 nitrogen and oxygen atoms in total. The second-order valence-electron chi connectivity index (χ2n) is 4.41. The SMILES string of the molecule is COC(=O)C(F)(OC(F)(F)C(F)(OC(F)(F)C(F)(F)I)C(F)(F)F)C(F)(F)F. The van der Waals surface area contributed by atoms with Crippen molar-refractivity contribution in [3.05, 3.63) is 0 Å². The third-order valence-corrected chi connectivity index (χ3v) is 3.05. The average molecular weight is 568 g/mol. The Kier molecular flexibility index (Phi) is 7.21. The lowest BCUT2D eigenvalue weighted by Gasteiger charge is -2.39. The van der Waals surface area contributed by atoms with Gasteiger partial charge in [0.15, 0.2) is 0 Å². The van der Waals surface area contributed by atoms with Crippen LogP contribution in [0.3, 0.4) is 0 Å². The van der Waals surface area contributed by atoms with Crippen molar-refractivity contribution >= 4 is 28.6 Å². The zero-order valence-electron chi connectivity index (χ0n) is 12.3. The van der Waals surface area contributed by atoms with Crippen LogP contribution >= 0.6 is 22.6 Å². The Morgan fingerprint density at radius 1 is 0.679 bits per heavy atom. The summed E-state index contributed by atoms with van der Waals surface area (Å²) in [6.07, 6.45) is -28.7. The van der Waals surface area contributed by atoms with Crippen LogP contribution in [0.2, 0.25) is 0 Å². The van der Waals surface area contributed by atoms with Crippen LogP contribution in [0, 0.1) is 0 Å². The molecule has 0 aliphatic heterocycles. The topological polar surface area (TPSA) is 44.8 Å². The van der Waals surface area contributed by atoms with Crippen LogP contribution < -0.4 is 0 Å². The van der Waals surface area contributed by atoms with E-state index >= 15 is 0 Å². The predicted octanol–water partition coefficient (Wildman–Crippen LogP) is 4.86. The first kappa shape index (κ1) is 27.1. The van der Waals surface area contributed by atoms with E-state index in [2.05, 4.69) is 4.74 Å². The van der Waals surface area contributed by atoms with Gasteiger partial charge in [-0.3, -0.25) is 9.47 Å². The normalized spacial score (nSPS) is 19.0. The quantitative estimate of drug-likeness (QED) is 0.191. The smallest absolute Gasteiger partial charge is 0.460 e. The van der Waals surface area contributed by atoms with Gasteiger partial charge >= 0.3 is 46.2 Å². The number of methoxy groups -OCH3 is 1. The molecule has 0 aliphatic rings. The first-order chi connectivity index (χ1) is 11.9. The van der Waals surface area contributed by atoms with Crippen molar-refractivity contribution in [2.75, 3.05) is 7.11 Å². The van der Waals surface area contributed by atoms with E-state index in [0.29, 0.717) is 0 Å². The van der Waals surface area contributed by atoms with Gasteiger partial charge in [-0.25, -0.2) is 4.79 Å². The molecule has 2 atom stereocenters. The summed E-state index contributed by atoms with van der Waals surface area (Å²) in [5.74, 6) is -17.6. The molecular weight excluding hydrogens is 565 g/mol. The van der Waals surface area contributed by atoms with Crippen LogP contribution in [0.4, 0.5) is 61.5 Å². The Morgan fingerprint density at radius 2 is 1.07 bits per heavy atom. The van der Waals surface area contributed by atoms with Crippen molar-refractivity contribution in [2.45, 2.75) is 40.2 Å². The van der Waals surface area contributed by atoms with E-state index < -0.39 is 68.8 Å². The fraction of sp³-hybridized carbons (Fsp3) is 0.889. The molecule has 2 unspecified atom stereocenters. The standard InChI is InChI=1S/C9H3F14IO4/c1-26-2(25)3(10,5(12,13)14)27-8(20,21)4(11,6(15,16)17)28-9(22,23)7(18,19)24/h1H3. The van der Waals surface area contributed by atoms with Gasteiger partial charge < -0.3 is 4.74 Å². The molecule has 0 bridgehead atoms. The number of carbonyl (C=O) groups excluding carboxylic acids is 1.